The highest BCUT2D eigenvalue weighted by Crippen LogP contribution is 2.11. The maximum Gasteiger partial charge on any atom is 0.175 e. The van der Waals surface area contributed by atoms with Crippen LogP contribution in [0.15, 0.2) is 35.4 Å². The summed E-state index contributed by atoms with van der Waals surface area (Å²) in [6, 6.07) is 6.74. The van der Waals surface area contributed by atoms with E-state index in [0.717, 1.165) is 11.3 Å². The number of hydrogen-bond acceptors (Lipinski definition) is 6. The number of aromatic nitrogens is 3. The van der Waals surface area contributed by atoms with Crippen molar-refractivity contribution in [2.45, 2.75) is 18.0 Å². The highest BCUT2D eigenvalue weighted by Gasteiger charge is 2.08. The molecule has 7 nitrogen and oxygen atoms in total. The molecule has 0 saturated heterocycles. The van der Waals surface area contributed by atoms with Gasteiger partial charge >= 0.3 is 0 Å². The summed E-state index contributed by atoms with van der Waals surface area (Å²) >= 11 is 0. The summed E-state index contributed by atoms with van der Waals surface area (Å²) in [5.74, 6) is 0. The molecular formula is C14H20N4O3S. The molecule has 1 N–H and O–H groups in total. The van der Waals surface area contributed by atoms with Crippen molar-refractivity contribution in [1.82, 2.24) is 19.9 Å². The summed E-state index contributed by atoms with van der Waals surface area (Å²) in [6.45, 7) is 1.84. The summed E-state index contributed by atoms with van der Waals surface area (Å²) in [4.78, 5) is 2.26. The Hall–Kier alpha value is -1.77. The summed E-state index contributed by atoms with van der Waals surface area (Å²) in [5.41, 5.74) is 1.77. The van der Waals surface area contributed by atoms with Crippen molar-refractivity contribution in [1.29, 1.82) is 0 Å². The second-order valence-corrected chi connectivity index (χ2v) is 7.30. The largest absolute Gasteiger partial charge is 0.395 e. The van der Waals surface area contributed by atoms with Gasteiger partial charge in [0.15, 0.2) is 9.84 Å². The van der Waals surface area contributed by atoms with E-state index >= 15 is 0 Å². The van der Waals surface area contributed by atoms with Gasteiger partial charge in [-0.25, -0.2) is 13.1 Å². The number of benzene rings is 1. The average molecular weight is 324 g/mol. The second-order valence-electron chi connectivity index (χ2n) is 5.28. The van der Waals surface area contributed by atoms with Crippen molar-refractivity contribution in [3.8, 4) is 0 Å². The van der Waals surface area contributed by atoms with Gasteiger partial charge in [0.1, 0.15) is 0 Å². The third-order valence-corrected chi connectivity index (χ3v) is 4.32. The van der Waals surface area contributed by atoms with Crippen LogP contribution in [0.5, 0.6) is 0 Å². The van der Waals surface area contributed by atoms with Crippen LogP contribution in [0.25, 0.3) is 0 Å². The Morgan fingerprint density at radius 2 is 1.95 bits per heavy atom. The predicted molar refractivity (Wildman–Crippen MR) is 82.1 cm³/mol. The lowest BCUT2D eigenvalue weighted by Crippen LogP contribution is -2.21. The molecule has 0 spiro atoms. The minimum absolute atomic E-state index is 0.108. The summed E-state index contributed by atoms with van der Waals surface area (Å²) in [5, 5.41) is 17.0. The highest BCUT2D eigenvalue weighted by atomic mass is 32.2. The van der Waals surface area contributed by atoms with E-state index in [9.17, 15) is 8.42 Å². The fourth-order valence-electron chi connectivity index (χ4n) is 2.04. The van der Waals surface area contributed by atoms with E-state index in [1.54, 1.807) is 28.9 Å². The van der Waals surface area contributed by atoms with Crippen LogP contribution in [0.3, 0.4) is 0 Å². The van der Waals surface area contributed by atoms with E-state index in [1.807, 2.05) is 18.1 Å². The van der Waals surface area contributed by atoms with E-state index in [2.05, 4.69) is 10.3 Å². The molecule has 2 aromatic rings. The molecule has 0 amide bonds. The number of hydrogen-bond donors (Lipinski definition) is 1. The molecular weight excluding hydrogens is 304 g/mol. The zero-order chi connectivity index (χ0) is 16.2. The first-order valence-electron chi connectivity index (χ1n) is 6.86. The van der Waals surface area contributed by atoms with Crippen LogP contribution in [0.1, 0.15) is 11.3 Å². The standard InChI is InChI=1S/C14H20N4O3S/c1-17(7-8-19)10-13-11-18(16-15-13)9-12-3-5-14(6-4-12)22(2,20)21/h3-6,11,19H,7-10H2,1-2H3. The van der Waals surface area contributed by atoms with E-state index in [-0.39, 0.29) is 6.61 Å². The Labute approximate surface area is 130 Å². The lowest BCUT2D eigenvalue weighted by atomic mass is 10.2. The van der Waals surface area contributed by atoms with E-state index in [0.29, 0.717) is 24.5 Å². The zero-order valence-corrected chi connectivity index (χ0v) is 13.5. The van der Waals surface area contributed by atoms with Gasteiger partial charge in [0.2, 0.25) is 0 Å². The van der Waals surface area contributed by atoms with E-state index in [4.69, 9.17) is 5.11 Å². The van der Waals surface area contributed by atoms with Crippen molar-refractivity contribution in [2.75, 3.05) is 26.5 Å². The van der Waals surface area contributed by atoms with Gasteiger partial charge in [-0.1, -0.05) is 17.3 Å². The van der Waals surface area contributed by atoms with Gasteiger partial charge in [0, 0.05) is 19.3 Å². The molecule has 22 heavy (non-hydrogen) atoms. The molecule has 0 radical (unpaired) electrons. The van der Waals surface area contributed by atoms with Crippen LogP contribution in [0, 0.1) is 0 Å². The number of aliphatic hydroxyl groups is 1. The molecule has 1 heterocycles. The first-order valence-corrected chi connectivity index (χ1v) is 8.75. The molecule has 2 rings (SSSR count). The normalized spacial score (nSPS) is 12.0. The topological polar surface area (TPSA) is 88.3 Å². The Kier molecular flexibility index (Phi) is 5.28. The number of likely N-dealkylation sites (N-methyl/N-ethyl adjacent to an activating group) is 1. The average Bonchev–Trinajstić information content (AvgIpc) is 2.85. The third kappa shape index (κ3) is 4.62. The highest BCUT2D eigenvalue weighted by molar-refractivity contribution is 7.90. The molecule has 0 saturated carbocycles. The van der Waals surface area contributed by atoms with E-state index in [1.165, 1.54) is 6.26 Å². The molecule has 120 valence electrons. The van der Waals surface area contributed by atoms with Crippen LogP contribution in [0.2, 0.25) is 0 Å². The lowest BCUT2D eigenvalue weighted by molar-refractivity contribution is 0.216. The molecule has 0 bridgehead atoms. The maximum absolute atomic E-state index is 11.4. The summed E-state index contributed by atoms with van der Waals surface area (Å²) in [6.07, 6.45) is 3.03. The van der Waals surface area contributed by atoms with Crippen molar-refractivity contribution in [3.05, 3.63) is 41.7 Å². The molecule has 0 aliphatic rings. The molecule has 0 unspecified atom stereocenters. The Balaban J connectivity index is 2.01. The van der Waals surface area contributed by atoms with Gasteiger partial charge in [-0.3, -0.25) is 4.90 Å². The fourth-order valence-corrected chi connectivity index (χ4v) is 2.67. The van der Waals surface area contributed by atoms with Gasteiger partial charge in [0.25, 0.3) is 0 Å². The SMILES string of the molecule is CN(CCO)Cc1cn(Cc2ccc(S(C)(=O)=O)cc2)nn1. The number of aliphatic hydroxyl groups excluding tert-OH is 1. The molecule has 1 aromatic carbocycles. The van der Waals surface area contributed by atoms with Crippen LogP contribution in [-0.2, 0) is 22.9 Å². The number of nitrogens with zero attached hydrogens (tertiary/aromatic N) is 4. The van der Waals surface area contributed by atoms with Crippen molar-refractivity contribution < 1.29 is 13.5 Å². The Morgan fingerprint density at radius 3 is 2.55 bits per heavy atom. The maximum atomic E-state index is 11.4. The quantitative estimate of drug-likeness (QED) is 0.780. The molecule has 0 aliphatic carbocycles. The first kappa shape index (κ1) is 16.6. The molecule has 8 heteroatoms. The van der Waals surface area contributed by atoms with Crippen LogP contribution in [-0.4, -0.2) is 59.9 Å². The monoisotopic (exact) mass is 324 g/mol. The van der Waals surface area contributed by atoms with Crippen LogP contribution < -0.4 is 0 Å². The van der Waals surface area contributed by atoms with Gasteiger partial charge in [-0.05, 0) is 24.7 Å². The minimum Gasteiger partial charge on any atom is -0.395 e. The first-order chi connectivity index (χ1) is 10.4. The summed E-state index contributed by atoms with van der Waals surface area (Å²) < 4.78 is 24.5. The second kappa shape index (κ2) is 6.99. The van der Waals surface area contributed by atoms with Gasteiger partial charge < -0.3 is 5.11 Å². The van der Waals surface area contributed by atoms with Gasteiger partial charge in [-0.15, -0.1) is 5.10 Å². The van der Waals surface area contributed by atoms with Gasteiger partial charge in [0.05, 0.1) is 29.9 Å². The number of sulfone groups is 1. The number of rotatable bonds is 7. The van der Waals surface area contributed by atoms with Gasteiger partial charge in [-0.2, -0.15) is 0 Å². The van der Waals surface area contributed by atoms with Crippen molar-refractivity contribution in [3.63, 3.8) is 0 Å². The Morgan fingerprint density at radius 1 is 1.27 bits per heavy atom. The summed E-state index contributed by atoms with van der Waals surface area (Å²) in [7, 11) is -1.27. The van der Waals surface area contributed by atoms with E-state index < -0.39 is 9.84 Å². The minimum atomic E-state index is -3.17. The molecule has 0 aliphatic heterocycles. The smallest absolute Gasteiger partial charge is 0.175 e. The third-order valence-electron chi connectivity index (χ3n) is 3.20. The lowest BCUT2D eigenvalue weighted by Gasteiger charge is -2.11. The molecule has 0 atom stereocenters. The Bertz CT molecular complexity index is 710. The van der Waals surface area contributed by atoms with Crippen LogP contribution >= 0.6 is 0 Å². The molecule has 0 fully saturated rings. The fraction of sp³-hybridized carbons (Fsp3) is 0.429. The van der Waals surface area contributed by atoms with Crippen molar-refractivity contribution >= 4 is 9.84 Å². The van der Waals surface area contributed by atoms with Crippen molar-refractivity contribution in [2.24, 2.45) is 0 Å². The zero-order valence-electron chi connectivity index (χ0n) is 12.7. The molecule has 1 aromatic heterocycles. The van der Waals surface area contributed by atoms with Crippen LogP contribution in [0.4, 0.5) is 0 Å². The predicted octanol–water partition coefficient (Wildman–Crippen LogP) is 0.154.